The zero-order valence-corrected chi connectivity index (χ0v) is 11.5. The highest BCUT2D eigenvalue weighted by Gasteiger charge is 2.14. The summed E-state index contributed by atoms with van der Waals surface area (Å²) in [4.78, 5) is 15.9. The van der Waals surface area contributed by atoms with Crippen LogP contribution in [0.2, 0.25) is 0 Å². The van der Waals surface area contributed by atoms with E-state index in [1.807, 2.05) is 13.8 Å². The van der Waals surface area contributed by atoms with Crippen LogP contribution in [0, 0.1) is 5.82 Å². The number of methoxy groups -OCH3 is 1. The summed E-state index contributed by atoms with van der Waals surface area (Å²) in [6, 6.07) is 1.18. The van der Waals surface area contributed by atoms with Crippen LogP contribution in [0.5, 0.6) is 0 Å². The quantitative estimate of drug-likeness (QED) is 0.792. The molecule has 0 aliphatic rings. The molecule has 0 radical (unpaired) electrons. The van der Waals surface area contributed by atoms with Crippen LogP contribution < -0.4 is 10.6 Å². The summed E-state index contributed by atoms with van der Waals surface area (Å²) < 4.78 is 18.2. The Labute approximate surface area is 112 Å². The van der Waals surface area contributed by atoms with Crippen LogP contribution in [0.4, 0.5) is 10.2 Å². The molecule has 0 spiro atoms. The predicted molar refractivity (Wildman–Crippen MR) is 71.8 cm³/mol. The molecular weight excluding hydrogens is 249 g/mol. The van der Waals surface area contributed by atoms with Crippen molar-refractivity contribution >= 4 is 11.7 Å². The molecule has 1 unspecified atom stereocenters. The molecule has 1 rings (SSSR count). The number of hydrogen-bond acceptors (Lipinski definition) is 4. The monoisotopic (exact) mass is 269 g/mol. The van der Waals surface area contributed by atoms with Crippen molar-refractivity contribution in [3.05, 3.63) is 23.6 Å². The van der Waals surface area contributed by atoms with Gasteiger partial charge in [0.1, 0.15) is 11.6 Å². The van der Waals surface area contributed by atoms with Gasteiger partial charge in [0.25, 0.3) is 5.91 Å². The normalized spacial score (nSPS) is 12.0. The van der Waals surface area contributed by atoms with Crippen LogP contribution in [0.3, 0.4) is 0 Å². The Morgan fingerprint density at radius 3 is 2.95 bits per heavy atom. The summed E-state index contributed by atoms with van der Waals surface area (Å²) in [5.74, 6) is -0.507. The molecule has 1 atom stereocenters. The Morgan fingerprint density at radius 1 is 1.58 bits per heavy atom. The van der Waals surface area contributed by atoms with Gasteiger partial charge in [-0.15, -0.1) is 0 Å². The van der Waals surface area contributed by atoms with Gasteiger partial charge in [0.2, 0.25) is 0 Å². The highest BCUT2D eigenvalue weighted by Crippen LogP contribution is 2.13. The summed E-state index contributed by atoms with van der Waals surface area (Å²) in [5, 5.41) is 5.69. The van der Waals surface area contributed by atoms with E-state index in [0.29, 0.717) is 18.9 Å². The topological polar surface area (TPSA) is 63.2 Å². The number of anilines is 1. The van der Waals surface area contributed by atoms with Gasteiger partial charge in [-0.3, -0.25) is 4.79 Å². The Bertz CT molecular complexity index is 426. The van der Waals surface area contributed by atoms with Crippen molar-refractivity contribution in [3.63, 3.8) is 0 Å². The maximum Gasteiger partial charge on any atom is 0.255 e. The Morgan fingerprint density at radius 2 is 2.32 bits per heavy atom. The SMILES string of the molecule is CCCNc1ncc(F)cc1C(=O)NCC(C)OC. The average molecular weight is 269 g/mol. The van der Waals surface area contributed by atoms with E-state index in [9.17, 15) is 9.18 Å². The lowest BCUT2D eigenvalue weighted by atomic mass is 10.2. The smallest absolute Gasteiger partial charge is 0.255 e. The molecule has 1 aromatic heterocycles. The number of amides is 1. The largest absolute Gasteiger partial charge is 0.380 e. The summed E-state index contributed by atoms with van der Waals surface area (Å²) in [5.41, 5.74) is 0.205. The van der Waals surface area contributed by atoms with E-state index in [0.717, 1.165) is 12.6 Å². The van der Waals surface area contributed by atoms with E-state index in [1.165, 1.54) is 6.07 Å². The second-order valence-corrected chi connectivity index (χ2v) is 4.23. The number of hydrogen-bond donors (Lipinski definition) is 2. The summed E-state index contributed by atoms with van der Waals surface area (Å²) in [7, 11) is 1.56. The maximum atomic E-state index is 13.2. The molecular formula is C13H20FN3O2. The number of nitrogens with one attached hydrogen (secondary N) is 2. The molecule has 0 saturated carbocycles. The second-order valence-electron chi connectivity index (χ2n) is 4.23. The van der Waals surface area contributed by atoms with Crippen LogP contribution in [0.1, 0.15) is 30.6 Å². The summed E-state index contributed by atoms with van der Waals surface area (Å²) in [6.07, 6.45) is 1.88. The molecule has 0 aliphatic heterocycles. The van der Waals surface area contributed by atoms with Gasteiger partial charge in [0.05, 0.1) is 17.9 Å². The molecule has 1 heterocycles. The zero-order valence-electron chi connectivity index (χ0n) is 11.5. The molecule has 0 aromatic carbocycles. The maximum absolute atomic E-state index is 13.2. The average Bonchev–Trinajstić information content (AvgIpc) is 2.42. The third-order valence-corrected chi connectivity index (χ3v) is 2.59. The number of ether oxygens (including phenoxy) is 1. The van der Waals surface area contributed by atoms with Gasteiger partial charge in [0, 0.05) is 20.2 Å². The Hall–Kier alpha value is -1.69. The van der Waals surface area contributed by atoms with Crippen LogP contribution >= 0.6 is 0 Å². The number of halogens is 1. The van der Waals surface area contributed by atoms with E-state index in [4.69, 9.17) is 4.74 Å². The van der Waals surface area contributed by atoms with Crippen LogP contribution in [0.25, 0.3) is 0 Å². The van der Waals surface area contributed by atoms with Crippen LogP contribution in [-0.2, 0) is 4.74 Å². The molecule has 5 nitrogen and oxygen atoms in total. The fourth-order valence-electron chi connectivity index (χ4n) is 1.41. The molecule has 0 fully saturated rings. The third kappa shape index (κ3) is 4.82. The van der Waals surface area contributed by atoms with Gasteiger partial charge in [-0.2, -0.15) is 0 Å². The molecule has 2 N–H and O–H groups in total. The highest BCUT2D eigenvalue weighted by atomic mass is 19.1. The molecule has 0 aliphatic carbocycles. The minimum atomic E-state index is -0.535. The van der Waals surface area contributed by atoms with Crippen molar-refractivity contribution in [3.8, 4) is 0 Å². The van der Waals surface area contributed by atoms with Gasteiger partial charge in [-0.05, 0) is 19.4 Å². The predicted octanol–water partition coefficient (Wildman–Crippen LogP) is 1.81. The minimum absolute atomic E-state index is 0.0995. The standard InChI is InChI=1S/C13H20FN3O2/c1-4-5-15-12-11(6-10(14)8-16-12)13(18)17-7-9(2)19-3/h6,8-9H,4-5,7H2,1-3H3,(H,15,16)(H,17,18). The van der Waals surface area contributed by atoms with Crippen molar-refractivity contribution < 1.29 is 13.9 Å². The molecule has 0 bridgehead atoms. The highest BCUT2D eigenvalue weighted by molar-refractivity contribution is 5.98. The fraction of sp³-hybridized carbons (Fsp3) is 0.538. The number of carbonyl (C=O) groups is 1. The molecule has 106 valence electrons. The Balaban J connectivity index is 2.78. The zero-order chi connectivity index (χ0) is 14.3. The molecule has 1 amide bonds. The summed E-state index contributed by atoms with van der Waals surface area (Å²) in [6.45, 7) is 4.86. The molecule has 0 saturated heterocycles. The van der Waals surface area contributed by atoms with Gasteiger partial charge in [-0.1, -0.05) is 6.92 Å². The first-order chi connectivity index (χ1) is 9.08. The molecule has 19 heavy (non-hydrogen) atoms. The third-order valence-electron chi connectivity index (χ3n) is 2.59. The first kappa shape index (κ1) is 15.4. The number of pyridine rings is 1. The van der Waals surface area contributed by atoms with Gasteiger partial charge >= 0.3 is 0 Å². The minimum Gasteiger partial charge on any atom is -0.380 e. The van der Waals surface area contributed by atoms with Crippen molar-refractivity contribution in [2.75, 3.05) is 25.5 Å². The van der Waals surface area contributed by atoms with E-state index in [2.05, 4.69) is 15.6 Å². The first-order valence-electron chi connectivity index (χ1n) is 6.28. The van der Waals surface area contributed by atoms with E-state index >= 15 is 0 Å². The number of nitrogens with zero attached hydrogens (tertiary/aromatic N) is 1. The first-order valence-corrected chi connectivity index (χ1v) is 6.28. The van der Waals surface area contributed by atoms with Crippen LogP contribution in [-0.4, -0.2) is 37.2 Å². The van der Waals surface area contributed by atoms with Crippen molar-refractivity contribution in [1.29, 1.82) is 0 Å². The van der Waals surface area contributed by atoms with Crippen LogP contribution in [0.15, 0.2) is 12.3 Å². The Kier molecular flexibility index (Phi) is 6.21. The van der Waals surface area contributed by atoms with Crippen molar-refractivity contribution in [2.45, 2.75) is 26.4 Å². The van der Waals surface area contributed by atoms with E-state index < -0.39 is 5.82 Å². The lowest BCUT2D eigenvalue weighted by Gasteiger charge is -2.13. The number of aromatic nitrogens is 1. The van der Waals surface area contributed by atoms with Gasteiger partial charge in [0.15, 0.2) is 0 Å². The second kappa shape index (κ2) is 7.68. The fourth-order valence-corrected chi connectivity index (χ4v) is 1.41. The van der Waals surface area contributed by atoms with Gasteiger partial charge < -0.3 is 15.4 Å². The van der Waals surface area contributed by atoms with Crippen molar-refractivity contribution in [1.82, 2.24) is 10.3 Å². The molecule has 6 heteroatoms. The lowest BCUT2D eigenvalue weighted by molar-refractivity contribution is 0.0870. The van der Waals surface area contributed by atoms with E-state index in [-0.39, 0.29) is 17.6 Å². The number of carbonyl (C=O) groups excluding carboxylic acids is 1. The van der Waals surface area contributed by atoms with E-state index in [1.54, 1.807) is 7.11 Å². The molecule has 1 aromatic rings. The summed E-state index contributed by atoms with van der Waals surface area (Å²) >= 11 is 0. The lowest BCUT2D eigenvalue weighted by Crippen LogP contribution is -2.32. The van der Waals surface area contributed by atoms with Gasteiger partial charge in [-0.25, -0.2) is 9.37 Å². The number of rotatable bonds is 7. The van der Waals surface area contributed by atoms with Crippen molar-refractivity contribution in [2.24, 2.45) is 0 Å².